The van der Waals surface area contributed by atoms with Gasteiger partial charge >= 0.3 is 0 Å². The second-order valence-corrected chi connectivity index (χ2v) is 8.60. The number of carbonyl (C=O) groups is 1. The summed E-state index contributed by atoms with van der Waals surface area (Å²) in [6.45, 7) is 0.0935. The Labute approximate surface area is 173 Å². The Balaban J connectivity index is 1.64. The number of fused-ring (bicyclic) bond motifs is 2. The van der Waals surface area contributed by atoms with Crippen LogP contribution < -0.4 is 14.4 Å². The van der Waals surface area contributed by atoms with E-state index in [4.69, 9.17) is 16.3 Å². The number of nitrogens with zero attached hydrogens (tertiary/aromatic N) is 2. The highest BCUT2D eigenvalue weighted by Crippen LogP contribution is 2.37. The first kappa shape index (κ1) is 19.4. The van der Waals surface area contributed by atoms with Crippen LogP contribution in [0.1, 0.15) is 15.9 Å². The van der Waals surface area contributed by atoms with Crippen molar-refractivity contribution in [2.45, 2.75) is 11.4 Å². The van der Waals surface area contributed by atoms with Crippen molar-refractivity contribution in [1.29, 1.82) is 0 Å². The molecule has 4 rings (SSSR count). The van der Waals surface area contributed by atoms with E-state index in [9.17, 15) is 13.2 Å². The van der Waals surface area contributed by atoms with E-state index in [0.29, 0.717) is 16.6 Å². The van der Waals surface area contributed by atoms with Gasteiger partial charge in [0.2, 0.25) is 10.0 Å². The predicted octanol–water partition coefficient (Wildman–Crippen LogP) is 3.60. The van der Waals surface area contributed by atoms with Gasteiger partial charge in [0.05, 0.1) is 10.5 Å². The minimum absolute atomic E-state index is 0.0329. The van der Waals surface area contributed by atoms with Crippen molar-refractivity contribution in [3.63, 3.8) is 0 Å². The number of halogens is 1. The monoisotopic (exact) mass is 429 g/mol. The largest absolute Gasteiger partial charge is 0.453 e. The summed E-state index contributed by atoms with van der Waals surface area (Å²) in [5.74, 6) is 0.634. The summed E-state index contributed by atoms with van der Waals surface area (Å²) in [6, 6.07) is 14.4. The second-order valence-electron chi connectivity index (χ2n) is 6.40. The third-order valence-electron chi connectivity index (χ3n) is 4.46. The molecular formula is C20H16ClN3O4S. The third kappa shape index (κ3) is 3.82. The molecule has 148 valence electrons. The fourth-order valence-corrected chi connectivity index (χ4v) is 4.07. The Hall–Kier alpha value is -2.94. The zero-order valence-corrected chi connectivity index (χ0v) is 16.9. The maximum absolute atomic E-state index is 12.9. The third-order valence-corrected chi connectivity index (χ3v) is 6.12. The van der Waals surface area contributed by atoms with Crippen LogP contribution in [0.5, 0.6) is 11.5 Å². The number of aromatic nitrogens is 1. The molecular weight excluding hydrogens is 414 g/mol. The van der Waals surface area contributed by atoms with Crippen LogP contribution in [-0.4, -0.2) is 26.4 Å². The van der Waals surface area contributed by atoms with Gasteiger partial charge in [0.25, 0.3) is 5.91 Å². The number of hydrogen-bond donors (Lipinski definition) is 1. The molecule has 9 heteroatoms. The lowest BCUT2D eigenvalue weighted by Gasteiger charge is -2.14. The molecule has 0 radical (unpaired) electrons. The molecule has 3 aromatic rings. The SMILES string of the molecule is CN1C(=O)c2cc(S(=O)(=O)NCc3ccc(Cl)cc3)ccc2Oc2cccnc21. The first-order valence-electron chi connectivity index (χ1n) is 8.64. The fourth-order valence-electron chi connectivity index (χ4n) is 2.91. The summed E-state index contributed by atoms with van der Waals surface area (Å²) in [7, 11) is -2.29. The maximum atomic E-state index is 12.9. The second kappa shape index (κ2) is 7.47. The number of rotatable bonds is 4. The van der Waals surface area contributed by atoms with E-state index in [2.05, 4.69) is 9.71 Å². The number of pyridine rings is 1. The zero-order chi connectivity index (χ0) is 20.6. The molecule has 29 heavy (non-hydrogen) atoms. The highest BCUT2D eigenvalue weighted by Gasteiger charge is 2.28. The summed E-state index contributed by atoms with van der Waals surface area (Å²) in [4.78, 5) is 18.3. The minimum Gasteiger partial charge on any atom is -0.453 e. The molecule has 1 aliphatic rings. The summed E-state index contributed by atoms with van der Waals surface area (Å²) in [6.07, 6.45) is 1.55. The number of nitrogens with one attached hydrogen (secondary N) is 1. The maximum Gasteiger partial charge on any atom is 0.263 e. The van der Waals surface area contributed by atoms with Crippen molar-refractivity contribution in [2.75, 3.05) is 11.9 Å². The highest BCUT2D eigenvalue weighted by atomic mass is 35.5. The Morgan fingerprint density at radius 1 is 1.10 bits per heavy atom. The lowest BCUT2D eigenvalue weighted by Crippen LogP contribution is -2.27. The molecule has 0 bridgehead atoms. The van der Waals surface area contributed by atoms with Crippen molar-refractivity contribution < 1.29 is 17.9 Å². The van der Waals surface area contributed by atoms with Crippen molar-refractivity contribution in [2.24, 2.45) is 0 Å². The molecule has 2 aromatic carbocycles. The zero-order valence-electron chi connectivity index (χ0n) is 15.3. The fraction of sp³-hybridized carbons (Fsp3) is 0.100. The lowest BCUT2D eigenvalue weighted by atomic mass is 10.2. The van der Waals surface area contributed by atoms with Crippen LogP contribution in [0, 0.1) is 0 Å². The Bertz CT molecular complexity index is 1200. The first-order valence-corrected chi connectivity index (χ1v) is 10.5. The molecule has 1 N–H and O–H groups in total. The summed E-state index contributed by atoms with van der Waals surface area (Å²) in [5.41, 5.74) is 0.897. The lowest BCUT2D eigenvalue weighted by molar-refractivity contribution is 0.0992. The number of benzene rings is 2. The van der Waals surface area contributed by atoms with Gasteiger partial charge in [-0.2, -0.15) is 0 Å². The standard InChI is InChI=1S/C20H16ClN3O4S/c1-24-19-18(3-2-10-22-19)28-17-9-8-15(11-16(17)20(24)25)29(26,27)23-12-13-4-6-14(21)7-5-13/h2-11,23H,12H2,1H3. The Kier molecular flexibility index (Phi) is 4.99. The van der Waals surface area contributed by atoms with Crippen LogP contribution >= 0.6 is 11.6 Å². The summed E-state index contributed by atoms with van der Waals surface area (Å²) < 4.78 is 33.8. The average Bonchev–Trinajstić information content (AvgIpc) is 2.82. The van der Waals surface area contributed by atoms with E-state index in [1.54, 1.807) is 49.6 Å². The first-order chi connectivity index (χ1) is 13.8. The summed E-state index contributed by atoms with van der Waals surface area (Å²) >= 11 is 5.85. The van der Waals surface area contributed by atoms with Crippen molar-refractivity contribution >= 4 is 33.3 Å². The molecule has 0 atom stereocenters. The van der Waals surface area contributed by atoms with Gasteiger partial charge in [0.1, 0.15) is 5.75 Å². The van der Waals surface area contributed by atoms with Crippen LogP contribution in [0.4, 0.5) is 5.82 Å². The molecule has 0 saturated carbocycles. The van der Waals surface area contributed by atoms with Crippen LogP contribution in [0.3, 0.4) is 0 Å². The number of ether oxygens (including phenoxy) is 1. The van der Waals surface area contributed by atoms with Crippen molar-refractivity contribution in [3.8, 4) is 11.5 Å². The van der Waals surface area contributed by atoms with E-state index in [1.165, 1.54) is 23.1 Å². The van der Waals surface area contributed by atoms with E-state index in [0.717, 1.165) is 5.56 Å². The van der Waals surface area contributed by atoms with E-state index >= 15 is 0 Å². The topological polar surface area (TPSA) is 88.6 Å². The molecule has 0 saturated heterocycles. The number of sulfonamides is 1. The molecule has 0 aliphatic carbocycles. The molecule has 7 nitrogen and oxygen atoms in total. The van der Waals surface area contributed by atoms with Gasteiger partial charge < -0.3 is 4.74 Å². The van der Waals surface area contributed by atoms with Gasteiger partial charge in [0.15, 0.2) is 11.6 Å². The molecule has 2 heterocycles. The molecule has 0 fully saturated rings. The molecule has 1 aromatic heterocycles. The molecule has 1 amide bonds. The normalized spacial score (nSPS) is 13.3. The van der Waals surface area contributed by atoms with Crippen LogP contribution in [-0.2, 0) is 16.6 Å². The Morgan fingerprint density at radius 2 is 1.86 bits per heavy atom. The number of carbonyl (C=O) groups excluding carboxylic acids is 1. The highest BCUT2D eigenvalue weighted by molar-refractivity contribution is 7.89. The molecule has 0 unspecified atom stereocenters. The average molecular weight is 430 g/mol. The number of amides is 1. The molecule has 0 spiro atoms. The number of hydrogen-bond acceptors (Lipinski definition) is 5. The van der Waals surface area contributed by atoms with Gasteiger partial charge in [-0.25, -0.2) is 18.1 Å². The van der Waals surface area contributed by atoms with E-state index in [1.807, 2.05) is 0 Å². The van der Waals surface area contributed by atoms with Gasteiger partial charge in [-0.1, -0.05) is 23.7 Å². The smallest absolute Gasteiger partial charge is 0.263 e. The quantitative estimate of drug-likeness (QED) is 0.684. The van der Waals surface area contributed by atoms with E-state index in [-0.39, 0.29) is 22.8 Å². The van der Waals surface area contributed by atoms with Crippen LogP contribution in [0.25, 0.3) is 0 Å². The Morgan fingerprint density at radius 3 is 2.62 bits per heavy atom. The van der Waals surface area contributed by atoms with Crippen LogP contribution in [0.2, 0.25) is 5.02 Å². The van der Waals surface area contributed by atoms with Gasteiger partial charge in [-0.3, -0.25) is 9.69 Å². The van der Waals surface area contributed by atoms with E-state index < -0.39 is 15.9 Å². The summed E-state index contributed by atoms with van der Waals surface area (Å²) in [5, 5.41) is 0.570. The van der Waals surface area contributed by atoms with Crippen molar-refractivity contribution in [1.82, 2.24) is 9.71 Å². The van der Waals surface area contributed by atoms with Gasteiger partial charge in [0, 0.05) is 24.8 Å². The predicted molar refractivity (Wildman–Crippen MR) is 109 cm³/mol. The van der Waals surface area contributed by atoms with Gasteiger partial charge in [-0.15, -0.1) is 0 Å². The van der Waals surface area contributed by atoms with Crippen molar-refractivity contribution in [3.05, 3.63) is 76.9 Å². The number of anilines is 1. The minimum atomic E-state index is -3.85. The van der Waals surface area contributed by atoms with Gasteiger partial charge in [-0.05, 0) is 48.0 Å². The molecule has 1 aliphatic heterocycles. The van der Waals surface area contributed by atoms with Crippen LogP contribution in [0.15, 0.2) is 65.7 Å².